The van der Waals surface area contributed by atoms with Crippen molar-refractivity contribution in [2.45, 2.75) is 13.5 Å². The highest BCUT2D eigenvalue weighted by molar-refractivity contribution is 7.16. The molecule has 2 heterocycles. The van der Waals surface area contributed by atoms with Gasteiger partial charge in [-0.2, -0.15) is 4.57 Å². The lowest BCUT2D eigenvalue weighted by Gasteiger charge is -2.01. The summed E-state index contributed by atoms with van der Waals surface area (Å²) in [5.74, 6) is 1.27. The Hall–Kier alpha value is -1.43. The standard InChI is InChI=1S/C13H13N4S.2ClH/c1-9-15-6-10(13(14)16-9)7-17-8-18-12-5-3-2-4-11(12)17;;/h2-6,8H,7H2,1H3,(H2,14,15,16);2*1H/q+1;;/p-1. The Labute approximate surface area is 133 Å². The Balaban J connectivity index is 0.000001000. The summed E-state index contributed by atoms with van der Waals surface area (Å²) >= 11 is 1.72. The minimum absolute atomic E-state index is 0. The number of fused-ring (bicyclic) bond motifs is 1. The zero-order chi connectivity index (χ0) is 12.5. The lowest BCUT2D eigenvalue weighted by atomic mass is 10.3. The lowest BCUT2D eigenvalue weighted by Crippen LogP contribution is -3.00. The highest BCUT2D eigenvalue weighted by Crippen LogP contribution is 2.16. The van der Waals surface area contributed by atoms with E-state index in [9.17, 15) is 0 Å². The molecule has 2 N–H and O–H groups in total. The number of halogens is 2. The van der Waals surface area contributed by atoms with Gasteiger partial charge in [0.15, 0.2) is 6.54 Å². The van der Waals surface area contributed by atoms with Crippen molar-refractivity contribution in [2.75, 3.05) is 5.73 Å². The summed E-state index contributed by atoms with van der Waals surface area (Å²) in [7, 11) is 0. The number of nitrogen functional groups attached to an aromatic ring is 1. The molecule has 0 aliphatic rings. The summed E-state index contributed by atoms with van der Waals surface area (Å²) in [6.07, 6.45) is 1.80. The SMILES string of the molecule is Cc1ncc(C[n+]2csc3ccccc32)c(N)n1.Cl.[Cl-]. The predicted molar refractivity (Wildman–Crippen MR) is 79.6 cm³/mol. The highest BCUT2D eigenvalue weighted by atomic mass is 35.5. The van der Waals surface area contributed by atoms with Crippen molar-refractivity contribution in [2.24, 2.45) is 0 Å². The molecule has 106 valence electrons. The van der Waals surface area contributed by atoms with Gasteiger partial charge in [0.25, 0.3) is 0 Å². The third kappa shape index (κ3) is 3.17. The first kappa shape index (κ1) is 16.6. The number of thiazole rings is 1. The zero-order valence-electron chi connectivity index (χ0n) is 10.8. The van der Waals surface area contributed by atoms with Crippen LogP contribution in [0, 0.1) is 6.92 Å². The van der Waals surface area contributed by atoms with E-state index in [1.165, 1.54) is 10.2 Å². The van der Waals surface area contributed by atoms with Crippen LogP contribution in [0.5, 0.6) is 0 Å². The maximum atomic E-state index is 5.92. The monoisotopic (exact) mass is 328 g/mol. The van der Waals surface area contributed by atoms with E-state index in [4.69, 9.17) is 5.73 Å². The molecular formula is C13H14Cl2N4S. The number of aryl methyl sites for hydroxylation is 1. The summed E-state index contributed by atoms with van der Waals surface area (Å²) in [6, 6.07) is 8.32. The van der Waals surface area contributed by atoms with Crippen LogP contribution in [0.4, 0.5) is 5.82 Å². The molecular weight excluding hydrogens is 315 g/mol. The van der Waals surface area contributed by atoms with Crippen LogP contribution in [0.3, 0.4) is 0 Å². The summed E-state index contributed by atoms with van der Waals surface area (Å²) in [5, 5.41) is 0. The number of rotatable bonds is 2. The van der Waals surface area contributed by atoms with Crippen molar-refractivity contribution >= 4 is 39.8 Å². The van der Waals surface area contributed by atoms with Gasteiger partial charge < -0.3 is 18.1 Å². The van der Waals surface area contributed by atoms with E-state index < -0.39 is 0 Å². The molecule has 0 spiro atoms. The first-order valence-electron chi connectivity index (χ1n) is 5.68. The predicted octanol–water partition coefficient (Wildman–Crippen LogP) is -0.656. The van der Waals surface area contributed by atoms with Crippen molar-refractivity contribution in [3.8, 4) is 0 Å². The van der Waals surface area contributed by atoms with Gasteiger partial charge in [0.1, 0.15) is 16.3 Å². The molecule has 0 amide bonds. The number of nitrogens with zero attached hydrogens (tertiary/aromatic N) is 3. The molecule has 0 unspecified atom stereocenters. The van der Waals surface area contributed by atoms with Gasteiger partial charge in [0, 0.05) is 12.3 Å². The van der Waals surface area contributed by atoms with Crippen LogP contribution >= 0.6 is 23.7 Å². The Kier molecular flexibility index (Phi) is 5.68. The number of para-hydroxylation sites is 1. The van der Waals surface area contributed by atoms with Crippen LogP contribution in [0.2, 0.25) is 0 Å². The van der Waals surface area contributed by atoms with Crippen LogP contribution in [0.1, 0.15) is 11.4 Å². The van der Waals surface area contributed by atoms with Gasteiger partial charge in [-0.1, -0.05) is 23.5 Å². The van der Waals surface area contributed by atoms with E-state index in [0.717, 1.165) is 5.56 Å². The Morgan fingerprint density at radius 2 is 2.05 bits per heavy atom. The van der Waals surface area contributed by atoms with Gasteiger partial charge in [0.2, 0.25) is 11.0 Å². The molecule has 7 heteroatoms. The fraction of sp³-hybridized carbons (Fsp3) is 0.154. The number of aromatic nitrogens is 3. The average molecular weight is 329 g/mol. The van der Waals surface area contributed by atoms with Crippen molar-refractivity contribution in [1.82, 2.24) is 9.97 Å². The van der Waals surface area contributed by atoms with Crippen molar-refractivity contribution < 1.29 is 17.0 Å². The van der Waals surface area contributed by atoms with Crippen molar-refractivity contribution in [3.05, 3.63) is 47.4 Å². The first-order valence-corrected chi connectivity index (χ1v) is 6.55. The maximum absolute atomic E-state index is 5.92. The van der Waals surface area contributed by atoms with Gasteiger partial charge in [-0.25, -0.2) is 9.97 Å². The third-order valence-electron chi connectivity index (χ3n) is 2.84. The number of hydrogen-bond acceptors (Lipinski definition) is 4. The van der Waals surface area contributed by atoms with E-state index in [2.05, 4.69) is 32.2 Å². The molecule has 0 aliphatic carbocycles. The van der Waals surface area contributed by atoms with Crippen LogP contribution in [-0.4, -0.2) is 9.97 Å². The summed E-state index contributed by atoms with van der Waals surface area (Å²) in [5.41, 5.74) is 10.2. The second-order valence-electron chi connectivity index (χ2n) is 4.15. The second-order valence-corrected chi connectivity index (χ2v) is 5.03. The first-order chi connectivity index (χ1) is 8.74. The molecule has 3 rings (SSSR count). The summed E-state index contributed by atoms with van der Waals surface area (Å²) in [4.78, 5) is 8.39. The lowest BCUT2D eigenvalue weighted by molar-refractivity contribution is -0.658. The van der Waals surface area contributed by atoms with E-state index in [-0.39, 0.29) is 24.8 Å². The molecule has 0 saturated heterocycles. The van der Waals surface area contributed by atoms with E-state index in [1.807, 2.05) is 19.1 Å². The molecule has 20 heavy (non-hydrogen) atoms. The van der Waals surface area contributed by atoms with Crippen molar-refractivity contribution in [1.29, 1.82) is 0 Å². The molecule has 3 aromatic rings. The Morgan fingerprint density at radius 3 is 2.80 bits per heavy atom. The maximum Gasteiger partial charge on any atom is 0.226 e. The van der Waals surface area contributed by atoms with E-state index in [1.54, 1.807) is 17.5 Å². The van der Waals surface area contributed by atoms with E-state index in [0.29, 0.717) is 18.2 Å². The second kappa shape index (κ2) is 6.83. The van der Waals surface area contributed by atoms with Crippen LogP contribution < -0.4 is 22.7 Å². The molecule has 0 fully saturated rings. The largest absolute Gasteiger partial charge is 1.00 e. The smallest absolute Gasteiger partial charge is 0.226 e. The van der Waals surface area contributed by atoms with Gasteiger partial charge in [0.05, 0.1) is 5.56 Å². The molecule has 0 atom stereocenters. The molecule has 0 radical (unpaired) electrons. The molecule has 1 aromatic carbocycles. The van der Waals surface area contributed by atoms with E-state index >= 15 is 0 Å². The summed E-state index contributed by atoms with van der Waals surface area (Å²) in [6.45, 7) is 2.55. The normalized spacial score (nSPS) is 9.85. The van der Waals surface area contributed by atoms with Crippen LogP contribution in [0.15, 0.2) is 36.0 Å². The third-order valence-corrected chi connectivity index (χ3v) is 3.80. The van der Waals surface area contributed by atoms with Crippen LogP contribution in [0.25, 0.3) is 10.2 Å². The molecule has 2 aromatic heterocycles. The van der Waals surface area contributed by atoms with Gasteiger partial charge in [-0.05, 0) is 13.0 Å². The van der Waals surface area contributed by atoms with Crippen molar-refractivity contribution in [3.63, 3.8) is 0 Å². The summed E-state index contributed by atoms with van der Waals surface area (Å²) < 4.78 is 3.44. The zero-order valence-corrected chi connectivity index (χ0v) is 13.2. The molecule has 4 nitrogen and oxygen atoms in total. The number of benzene rings is 1. The Morgan fingerprint density at radius 1 is 1.30 bits per heavy atom. The topological polar surface area (TPSA) is 55.7 Å². The van der Waals surface area contributed by atoms with Gasteiger partial charge in [-0.3, -0.25) is 0 Å². The molecule has 0 saturated carbocycles. The Bertz CT molecular complexity index is 714. The molecule has 0 aliphatic heterocycles. The minimum Gasteiger partial charge on any atom is -1.00 e. The average Bonchev–Trinajstić information content (AvgIpc) is 2.76. The van der Waals surface area contributed by atoms with Gasteiger partial charge >= 0.3 is 0 Å². The minimum atomic E-state index is 0. The number of nitrogens with two attached hydrogens (primary N) is 1. The number of anilines is 1. The van der Waals surface area contributed by atoms with Crippen LogP contribution in [-0.2, 0) is 6.54 Å². The quantitative estimate of drug-likeness (QED) is 0.636. The highest BCUT2D eigenvalue weighted by Gasteiger charge is 2.14. The number of hydrogen-bond donors (Lipinski definition) is 1. The van der Waals surface area contributed by atoms with Gasteiger partial charge in [-0.15, -0.1) is 12.4 Å². The fourth-order valence-electron chi connectivity index (χ4n) is 1.91. The fourth-order valence-corrected chi connectivity index (χ4v) is 2.80. The molecule has 0 bridgehead atoms.